The van der Waals surface area contributed by atoms with Gasteiger partial charge in [0.2, 0.25) is 16.0 Å². The van der Waals surface area contributed by atoms with Crippen LogP contribution in [0.2, 0.25) is 0 Å². The average Bonchev–Trinajstić information content (AvgIpc) is 3.22. The molecular weight excluding hydrogens is 480 g/mol. The standard InChI is InChI=1S/C24H30N8O3S/c1-16-5-4-6-19(13-16)14-25-30-24-26-21-7-8-32(36(33,34)22-17(2)28-29-18(22)3)15-20(21)23(27-24)31-9-11-35-12-10-31/h4-6,13-14H,7-12,15H2,1-3H3,(H,28,29)(H,26,27,30)/b25-14+. The fraction of sp³-hybridized carbons (Fsp3) is 0.417. The summed E-state index contributed by atoms with van der Waals surface area (Å²) >= 11 is 0. The van der Waals surface area contributed by atoms with E-state index in [4.69, 9.17) is 14.7 Å². The van der Waals surface area contributed by atoms with Crippen LogP contribution in [0.5, 0.6) is 0 Å². The number of aromatic amines is 1. The van der Waals surface area contributed by atoms with Gasteiger partial charge in [-0.2, -0.15) is 19.5 Å². The molecule has 1 saturated heterocycles. The second kappa shape index (κ2) is 9.96. The maximum atomic E-state index is 13.5. The molecule has 0 aliphatic carbocycles. The van der Waals surface area contributed by atoms with Gasteiger partial charge in [-0.3, -0.25) is 5.10 Å². The lowest BCUT2D eigenvalue weighted by Crippen LogP contribution is -2.41. The van der Waals surface area contributed by atoms with Gasteiger partial charge in [-0.1, -0.05) is 29.8 Å². The molecule has 0 saturated carbocycles. The van der Waals surface area contributed by atoms with Crippen LogP contribution in [0.3, 0.4) is 0 Å². The predicted molar refractivity (Wildman–Crippen MR) is 137 cm³/mol. The number of nitrogens with zero attached hydrogens (tertiary/aromatic N) is 6. The number of ether oxygens (including phenoxy) is 1. The first-order valence-electron chi connectivity index (χ1n) is 11.9. The van der Waals surface area contributed by atoms with E-state index in [1.807, 2.05) is 31.2 Å². The molecule has 0 unspecified atom stereocenters. The van der Waals surface area contributed by atoms with Crippen molar-refractivity contribution in [1.82, 2.24) is 24.5 Å². The minimum absolute atomic E-state index is 0.196. The highest BCUT2D eigenvalue weighted by Crippen LogP contribution is 2.32. The second-order valence-electron chi connectivity index (χ2n) is 9.03. The number of aromatic nitrogens is 4. The number of benzene rings is 1. The Labute approximate surface area is 210 Å². The molecule has 3 aromatic rings. The molecule has 2 aliphatic rings. The van der Waals surface area contributed by atoms with Gasteiger partial charge in [-0.25, -0.2) is 18.8 Å². The van der Waals surface area contributed by atoms with E-state index in [-0.39, 0.29) is 11.4 Å². The van der Waals surface area contributed by atoms with Crippen LogP contribution in [-0.2, 0) is 27.7 Å². The van der Waals surface area contributed by atoms with Crippen LogP contribution in [0.4, 0.5) is 11.8 Å². The minimum Gasteiger partial charge on any atom is -0.378 e. The van der Waals surface area contributed by atoms with Gasteiger partial charge >= 0.3 is 0 Å². The minimum atomic E-state index is -3.73. The largest absolute Gasteiger partial charge is 0.378 e. The number of rotatable bonds is 6. The van der Waals surface area contributed by atoms with Crippen LogP contribution in [0.15, 0.2) is 34.3 Å². The molecule has 1 fully saturated rings. The van der Waals surface area contributed by atoms with Gasteiger partial charge in [0, 0.05) is 38.2 Å². The van der Waals surface area contributed by atoms with E-state index < -0.39 is 10.0 Å². The number of aryl methyl sites for hydroxylation is 3. The zero-order valence-electron chi connectivity index (χ0n) is 20.7. The van der Waals surface area contributed by atoms with Crippen molar-refractivity contribution in [2.45, 2.75) is 38.6 Å². The van der Waals surface area contributed by atoms with Crippen molar-refractivity contribution in [3.63, 3.8) is 0 Å². The van der Waals surface area contributed by atoms with Crippen molar-refractivity contribution in [2.24, 2.45) is 5.10 Å². The third-order valence-corrected chi connectivity index (χ3v) is 8.50. The summed E-state index contributed by atoms with van der Waals surface area (Å²) in [7, 11) is -3.73. The van der Waals surface area contributed by atoms with Crippen molar-refractivity contribution in [2.75, 3.05) is 43.2 Å². The van der Waals surface area contributed by atoms with Crippen LogP contribution in [0.25, 0.3) is 0 Å². The predicted octanol–water partition coefficient (Wildman–Crippen LogP) is 2.15. The van der Waals surface area contributed by atoms with Gasteiger partial charge in [0.15, 0.2) is 0 Å². The number of hydrazone groups is 1. The summed E-state index contributed by atoms with van der Waals surface area (Å²) in [5.41, 5.74) is 7.74. The first-order valence-corrected chi connectivity index (χ1v) is 13.4. The van der Waals surface area contributed by atoms with Gasteiger partial charge in [-0.05, 0) is 26.3 Å². The Morgan fingerprint density at radius 3 is 2.67 bits per heavy atom. The van der Waals surface area contributed by atoms with E-state index in [9.17, 15) is 8.42 Å². The summed E-state index contributed by atoms with van der Waals surface area (Å²) in [4.78, 5) is 11.8. The number of morpholine rings is 1. The summed E-state index contributed by atoms with van der Waals surface area (Å²) in [5.74, 6) is 1.11. The highest BCUT2D eigenvalue weighted by molar-refractivity contribution is 7.89. The SMILES string of the molecule is Cc1cccc(/C=N/Nc2nc3c(c(N4CCOCC4)n2)CN(S(=O)(=O)c2c(C)n[nH]c2C)CC3)c1. The average molecular weight is 511 g/mol. The molecule has 0 spiro atoms. The Morgan fingerprint density at radius 1 is 1.14 bits per heavy atom. The van der Waals surface area contributed by atoms with E-state index in [1.54, 1.807) is 20.1 Å². The summed E-state index contributed by atoms with van der Waals surface area (Å²) in [5, 5.41) is 11.2. The Hall–Kier alpha value is -3.35. The van der Waals surface area contributed by atoms with Crippen molar-refractivity contribution in [1.29, 1.82) is 0 Å². The first-order chi connectivity index (χ1) is 17.3. The molecular formula is C24H30N8O3S. The molecule has 11 nitrogen and oxygen atoms in total. The van der Waals surface area contributed by atoms with Crippen molar-refractivity contribution in [3.05, 3.63) is 58.0 Å². The van der Waals surface area contributed by atoms with Crippen LogP contribution in [0.1, 0.15) is 33.8 Å². The second-order valence-corrected chi connectivity index (χ2v) is 10.9. The van der Waals surface area contributed by atoms with E-state index in [2.05, 4.69) is 25.6 Å². The Morgan fingerprint density at radius 2 is 1.94 bits per heavy atom. The summed E-state index contributed by atoms with van der Waals surface area (Å²) < 4.78 is 34.1. The Kier molecular flexibility index (Phi) is 6.73. The molecule has 1 aromatic carbocycles. The topological polar surface area (TPSA) is 129 Å². The van der Waals surface area contributed by atoms with Gasteiger partial charge < -0.3 is 9.64 Å². The third kappa shape index (κ3) is 4.84. The number of sulfonamides is 1. The highest BCUT2D eigenvalue weighted by Gasteiger charge is 2.35. The summed E-state index contributed by atoms with van der Waals surface area (Å²) in [6, 6.07) is 8.03. The quantitative estimate of drug-likeness (QED) is 0.381. The monoisotopic (exact) mass is 510 g/mol. The number of hydrogen-bond acceptors (Lipinski definition) is 9. The van der Waals surface area contributed by atoms with E-state index in [0.717, 1.165) is 28.2 Å². The number of anilines is 2. The van der Waals surface area contributed by atoms with Crippen LogP contribution < -0.4 is 10.3 Å². The van der Waals surface area contributed by atoms with E-state index in [1.165, 1.54) is 4.31 Å². The normalized spacial score (nSPS) is 16.9. The van der Waals surface area contributed by atoms with Crippen LogP contribution in [0, 0.1) is 20.8 Å². The molecule has 36 heavy (non-hydrogen) atoms. The van der Waals surface area contributed by atoms with E-state index >= 15 is 0 Å². The molecule has 0 amide bonds. The smallest absolute Gasteiger partial charge is 0.247 e. The lowest BCUT2D eigenvalue weighted by atomic mass is 10.1. The fourth-order valence-electron chi connectivity index (χ4n) is 4.63. The first kappa shape index (κ1) is 24.3. The van der Waals surface area contributed by atoms with Gasteiger partial charge in [0.05, 0.1) is 36.5 Å². The molecule has 0 radical (unpaired) electrons. The van der Waals surface area contributed by atoms with E-state index in [0.29, 0.717) is 56.6 Å². The Bertz CT molecular complexity index is 1380. The molecule has 2 aromatic heterocycles. The number of hydrogen-bond donors (Lipinski definition) is 2. The van der Waals surface area contributed by atoms with Crippen molar-refractivity contribution >= 4 is 28.0 Å². The molecule has 190 valence electrons. The molecule has 12 heteroatoms. The molecule has 0 atom stereocenters. The molecule has 4 heterocycles. The fourth-order valence-corrected chi connectivity index (χ4v) is 6.37. The summed E-state index contributed by atoms with van der Waals surface area (Å²) in [6.45, 7) is 8.49. The van der Waals surface area contributed by atoms with Crippen molar-refractivity contribution < 1.29 is 13.2 Å². The molecule has 0 bridgehead atoms. The number of nitrogens with one attached hydrogen (secondary N) is 2. The van der Waals surface area contributed by atoms with Gasteiger partial charge in [0.1, 0.15) is 10.7 Å². The zero-order valence-corrected chi connectivity index (χ0v) is 21.5. The zero-order chi connectivity index (χ0) is 25.3. The number of H-pyrrole nitrogens is 1. The van der Waals surface area contributed by atoms with Crippen molar-refractivity contribution in [3.8, 4) is 0 Å². The van der Waals surface area contributed by atoms with Gasteiger partial charge in [0.25, 0.3) is 0 Å². The lowest BCUT2D eigenvalue weighted by Gasteiger charge is -2.34. The maximum Gasteiger partial charge on any atom is 0.247 e. The molecule has 5 rings (SSSR count). The number of fused-ring (bicyclic) bond motifs is 1. The summed E-state index contributed by atoms with van der Waals surface area (Å²) in [6.07, 6.45) is 2.20. The van der Waals surface area contributed by atoms with Gasteiger partial charge in [-0.15, -0.1) is 0 Å². The maximum absolute atomic E-state index is 13.5. The Balaban J connectivity index is 1.46. The van der Waals surface area contributed by atoms with Crippen LogP contribution >= 0.6 is 0 Å². The molecule has 2 N–H and O–H groups in total. The molecule has 2 aliphatic heterocycles. The van der Waals surface area contributed by atoms with Crippen LogP contribution in [-0.4, -0.2) is 72.0 Å². The third-order valence-electron chi connectivity index (χ3n) is 6.39. The highest BCUT2D eigenvalue weighted by atomic mass is 32.2. The lowest BCUT2D eigenvalue weighted by molar-refractivity contribution is 0.122.